The van der Waals surface area contributed by atoms with Crippen molar-refractivity contribution in [2.45, 2.75) is 50.2 Å². The van der Waals surface area contributed by atoms with Crippen LogP contribution in [0.25, 0.3) is 0 Å². The van der Waals surface area contributed by atoms with Crippen molar-refractivity contribution in [3.05, 3.63) is 66.2 Å². The molecular weight excluding hydrogens is 364 g/mol. The van der Waals surface area contributed by atoms with Crippen LogP contribution in [0.3, 0.4) is 0 Å². The van der Waals surface area contributed by atoms with Gasteiger partial charge in [-0.2, -0.15) is 0 Å². The van der Waals surface area contributed by atoms with E-state index in [4.69, 9.17) is 4.84 Å². The lowest BCUT2D eigenvalue weighted by atomic mass is 10.1. The Labute approximate surface area is 160 Å². The number of carbonyl (C=O) groups excluding carboxylic acids is 1. The second-order valence-corrected chi connectivity index (χ2v) is 7.99. The average Bonchev–Trinajstić information content (AvgIpc) is 2.67. The van der Waals surface area contributed by atoms with E-state index in [1.54, 1.807) is 18.2 Å². The Bertz CT molecular complexity index is 795. The molecule has 1 amide bonds. The summed E-state index contributed by atoms with van der Waals surface area (Å²) in [5.41, 5.74) is 3.33. The largest absolute Gasteiger partial charge is 0.273 e. The molecule has 0 aliphatic heterocycles. The van der Waals surface area contributed by atoms with E-state index in [9.17, 15) is 13.2 Å². The number of hydrogen-bond acceptors (Lipinski definition) is 4. The second kappa shape index (κ2) is 10.8. The van der Waals surface area contributed by atoms with Crippen molar-refractivity contribution in [1.29, 1.82) is 0 Å². The van der Waals surface area contributed by atoms with Crippen LogP contribution in [0.15, 0.2) is 65.6 Å². The van der Waals surface area contributed by atoms with Crippen molar-refractivity contribution in [2.75, 3.05) is 0 Å². The SMILES string of the molecule is CCCC[C@@H](CC(=O)NOCc1ccccc1)NS(=O)(=O)c1ccccc1. The molecule has 146 valence electrons. The third-order valence-corrected chi connectivity index (χ3v) is 5.52. The van der Waals surface area contributed by atoms with Crippen LogP contribution in [0.2, 0.25) is 0 Å². The zero-order chi connectivity index (χ0) is 19.5. The maximum Gasteiger partial charge on any atom is 0.245 e. The molecule has 2 N–H and O–H groups in total. The van der Waals surface area contributed by atoms with Gasteiger partial charge in [0.1, 0.15) is 0 Å². The zero-order valence-electron chi connectivity index (χ0n) is 15.4. The highest BCUT2D eigenvalue weighted by Gasteiger charge is 2.22. The number of carbonyl (C=O) groups is 1. The molecule has 0 unspecified atom stereocenters. The molecule has 0 aromatic heterocycles. The summed E-state index contributed by atoms with van der Waals surface area (Å²) >= 11 is 0. The van der Waals surface area contributed by atoms with Gasteiger partial charge in [0.15, 0.2) is 0 Å². The predicted molar refractivity (Wildman–Crippen MR) is 104 cm³/mol. The molecule has 2 rings (SSSR count). The molecular formula is C20H26N2O4S. The highest BCUT2D eigenvalue weighted by molar-refractivity contribution is 7.89. The van der Waals surface area contributed by atoms with Crippen molar-refractivity contribution in [2.24, 2.45) is 0 Å². The Kier molecular flexibility index (Phi) is 8.44. The molecule has 0 heterocycles. The normalized spacial score (nSPS) is 12.5. The topological polar surface area (TPSA) is 84.5 Å². The summed E-state index contributed by atoms with van der Waals surface area (Å²) in [7, 11) is -3.67. The average molecular weight is 391 g/mol. The molecule has 0 bridgehead atoms. The molecule has 0 saturated carbocycles. The maximum absolute atomic E-state index is 12.5. The lowest BCUT2D eigenvalue weighted by Gasteiger charge is -2.18. The number of nitrogens with one attached hydrogen (secondary N) is 2. The first-order valence-corrected chi connectivity index (χ1v) is 10.5. The van der Waals surface area contributed by atoms with Crippen molar-refractivity contribution >= 4 is 15.9 Å². The third-order valence-electron chi connectivity index (χ3n) is 3.98. The molecule has 0 fully saturated rings. The molecule has 2 aromatic rings. The minimum Gasteiger partial charge on any atom is -0.273 e. The van der Waals surface area contributed by atoms with Crippen LogP contribution >= 0.6 is 0 Å². The summed E-state index contributed by atoms with van der Waals surface area (Å²) in [5.74, 6) is -0.359. The van der Waals surface area contributed by atoms with Gasteiger partial charge in [0.05, 0.1) is 11.5 Å². The minimum atomic E-state index is -3.67. The zero-order valence-corrected chi connectivity index (χ0v) is 16.2. The highest BCUT2D eigenvalue weighted by atomic mass is 32.2. The molecule has 0 radical (unpaired) electrons. The van der Waals surface area contributed by atoms with Crippen LogP contribution in [-0.2, 0) is 26.3 Å². The van der Waals surface area contributed by atoms with E-state index < -0.39 is 16.1 Å². The number of hydrogen-bond donors (Lipinski definition) is 2. The van der Waals surface area contributed by atoms with Gasteiger partial charge in [-0.05, 0) is 24.1 Å². The maximum atomic E-state index is 12.5. The summed E-state index contributed by atoms with van der Waals surface area (Å²) in [4.78, 5) is 17.6. The highest BCUT2D eigenvalue weighted by Crippen LogP contribution is 2.12. The first kappa shape index (κ1) is 21.1. The fourth-order valence-electron chi connectivity index (χ4n) is 2.58. The van der Waals surface area contributed by atoms with E-state index in [1.165, 1.54) is 12.1 Å². The predicted octanol–water partition coefficient (Wildman–Crippen LogP) is 3.16. The smallest absolute Gasteiger partial charge is 0.245 e. The van der Waals surface area contributed by atoms with E-state index in [0.717, 1.165) is 18.4 Å². The Morgan fingerprint density at radius 3 is 2.30 bits per heavy atom. The van der Waals surface area contributed by atoms with Gasteiger partial charge < -0.3 is 0 Å². The monoisotopic (exact) mass is 390 g/mol. The number of amides is 1. The van der Waals surface area contributed by atoms with Crippen LogP contribution in [0.1, 0.15) is 38.2 Å². The molecule has 7 heteroatoms. The Morgan fingerprint density at radius 2 is 1.67 bits per heavy atom. The van der Waals surface area contributed by atoms with Crippen molar-refractivity contribution in [1.82, 2.24) is 10.2 Å². The fraction of sp³-hybridized carbons (Fsp3) is 0.350. The number of unbranched alkanes of at least 4 members (excludes halogenated alkanes) is 1. The van der Waals surface area contributed by atoms with Crippen LogP contribution in [0, 0.1) is 0 Å². The van der Waals surface area contributed by atoms with E-state index in [2.05, 4.69) is 10.2 Å². The van der Waals surface area contributed by atoms with Gasteiger partial charge in [-0.15, -0.1) is 0 Å². The van der Waals surface area contributed by atoms with E-state index in [1.807, 2.05) is 37.3 Å². The molecule has 27 heavy (non-hydrogen) atoms. The molecule has 1 atom stereocenters. The minimum absolute atomic E-state index is 0.0147. The van der Waals surface area contributed by atoms with Crippen LogP contribution in [-0.4, -0.2) is 20.4 Å². The van der Waals surface area contributed by atoms with E-state index in [0.29, 0.717) is 6.42 Å². The van der Waals surface area contributed by atoms with Gasteiger partial charge in [-0.25, -0.2) is 18.6 Å². The standard InChI is InChI=1S/C20H26N2O4S/c1-2-3-12-18(22-27(24,25)19-13-8-5-9-14-19)15-20(23)21-26-16-17-10-6-4-7-11-17/h4-11,13-14,18,22H,2-3,12,15-16H2,1H3,(H,21,23)/t18-/m0/s1. The molecule has 0 aliphatic carbocycles. The van der Waals surface area contributed by atoms with Crippen LogP contribution in [0.4, 0.5) is 0 Å². The van der Waals surface area contributed by atoms with Crippen molar-refractivity contribution in [3.63, 3.8) is 0 Å². The summed E-state index contributed by atoms with van der Waals surface area (Å²) < 4.78 is 27.7. The molecule has 6 nitrogen and oxygen atoms in total. The quantitative estimate of drug-likeness (QED) is 0.577. The van der Waals surface area contributed by atoms with Gasteiger partial charge in [0, 0.05) is 12.5 Å². The lowest BCUT2D eigenvalue weighted by molar-refractivity contribution is -0.135. The van der Waals surface area contributed by atoms with E-state index in [-0.39, 0.29) is 23.8 Å². The molecule has 2 aromatic carbocycles. The number of hydroxylamine groups is 1. The molecule has 0 saturated heterocycles. The van der Waals surface area contributed by atoms with Gasteiger partial charge in [0.25, 0.3) is 0 Å². The van der Waals surface area contributed by atoms with Gasteiger partial charge in [-0.3, -0.25) is 9.63 Å². The van der Waals surface area contributed by atoms with Gasteiger partial charge >= 0.3 is 0 Å². The molecule has 0 aliphatic rings. The Morgan fingerprint density at radius 1 is 1.04 bits per heavy atom. The molecule has 0 spiro atoms. The van der Waals surface area contributed by atoms with E-state index >= 15 is 0 Å². The third kappa shape index (κ3) is 7.50. The second-order valence-electron chi connectivity index (χ2n) is 6.28. The van der Waals surface area contributed by atoms with Crippen LogP contribution in [0.5, 0.6) is 0 Å². The van der Waals surface area contributed by atoms with Crippen LogP contribution < -0.4 is 10.2 Å². The number of benzene rings is 2. The summed E-state index contributed by atoms with van der Waals surface area (Å²) in [6.07, 6.45) is 2.32. The van der Waals surface area contributed by atoms with Gasteiger partial charge in [0.2, 0.25) is 15.9 Å². The summed E-state index contributed by atoms with van der Waals surface area (Å²) in [6, 6.07) is 17.1. The Balaban J connectivity index is 1.90. The van der Waals surface area contributed by atoms with Gasteiger partial charge in [-0.1, -0.05) is 68.3 Å². The lowest BCUT2D eigenvalue weighted by Crippen LogP contribution is -2.39. The first-order chi connectivity index (χ1) is 13.0. The first-order valence-electron chi connectivity index (χ1n) is 9.03. The summed E-state index contributed by atoms with van der Waals surface area (Å²) in [6.45, 7) is 2.27. The van der Waals surface area contributed by atoms with Crippen molar-refractivity contribution in [3.8, 4) is 0 Å². The van der Waals surface area contributed by atoms with Crippen molar-refractivity contribution < 1.29 is 18.0 Å². The summed E-state index contributed by atoms with van der Waals surface area (Å²) in [5, 5.41) is 0. The fourth-order valence-corrected chi connectivity index (χ4v) is 3.87. The number of sulfonamides is 1. The Hall–Kier alpha value is -2.22. The number of rotatable bonds is 11.